The Morgan fingerprint density at radius 1 is 0.336 bits per heavy atom. The van der Waals surface area contributed by atoms with E-state index in [-0.39, 0.29) is 19.6 Å². The number of hydrogen-bond acceptors (Lipinski definition) is 16. The van der Waals surface area contributed by atoms with Crippen molar-refractivity contribution in [1.29, 1.82) is 0 Å². The second kappa shape index (κ2) is 31.7. The van der Waals surface area contributed by atoms with Gasteiger partial charge in [0.05, 0.1) is 51.2 Å². The fourth-order valence-corrected chi connectivity index (χ4v) is 23.2. The van der Waals surface area contributed by atoms with Crippen LogP contribution in [0.15, 0.2) is 86.1 Å². The monoisotopic (exact) mass is 1660 g/mol. The highest BCUT2D eigenvalue weighted by atomic mass is 32.2. The van der Waals surface area contributed by atoms with Gasteiger partial charge in [0.15, 0.2) is 39.7 Å². The first kappa shape index (κ1) is 78.9. The molecular weight excluding hydrogens is 1560 g/mol. The van der Waals surface area contributed by atoms with Crippen molar-refractivity contribution >= 4 is 86.5 Å². The fraction of sp³-hybridized carbons (Fsp3) is 0.500. The number of anilines is 4. The zero-order valence-electron chi connectivity index (χ0n) is 65.8. The molecule has 8 amide bonds. The first-order valence-corrected chi connectivity index (χ1v) is 46.9. The molecule has 0 fully saturated rings. The molecule has 12 aliphatic rings. The van der Waals surface area contributed by atoms with Gasteiger partial charge in [-0.2, -0.15) is 20.4 Å². The van der Waals surface area contributed by atoms with E-state index in [0.29, 0.717) is 99.8 Å². The van der Waals surface area contributed by atoms with Crippen molar-refractivity contribution in [3.63, 3.8) is 0 Å². The number of amides is 8. The van der Waals surface area contributed by atoms with Crippen molar-refractivity contribution in [1.82, 2.24) is 39.1 Å². The molecule has 0 saturated heterocycles. The Morgan fingerprint density at radius 3 is 0.767 bits per heavy atom. The number of benzene rings is 4. The summed E-state index contributed by atoms with van der Waals surface area (Å²) in [5.41, 5.74) is 23.4. The number of carbonyl (C=O) groups excluding carboxylic acids is 4. The minimum absolute atomic E-state index is 0.171. The molecular formula is C80H100N20O12S4. The fourth-order valence-electron chi connectivity index (χ4n) is 19.2. The molecule has 4 aromatic carbocycles. The quantitative estimate of drug-likeness (QED) is 0.0700. The van der Waals surface area contributed by atoms with Crippen LogP contribution in [0.3, 0.4) is 0 Å². The smallest absolute Gasteiger partial charge is 0.354 e. The number of urea groups is 4. The van der Waals surface area contributed by atoms with Crippen molar-refractivity contribution in [3.8, 4) is 23.5 Å². The minimum atomic E-state index is -3.46. The Balaban J connectivity index is 0.000000111. The molecule has 4 aliphatic heterocycles. The summed E-state index contributed by atoms with van der Waals surface area (Å²) < 4.78 is 96.4. The molecule has 0 saturated carbocycles. The predicted octanol–water partition coefficient (Wildman–Crippen LogP) is 12.5. The van der Waals surface area contributed by atoms with Gasteiger partial charge in [-0.15, -0.1) is 17.5 Å². The molecule has 616 valence electrons. The number of ether oxygens (including phenoxy) is 4. The molecule has 4 aromatic heterocycles. The van der Waals surface area contributed by atoms with Crippen LogP contribution in [-0.2, 0) is 143 Å². The van der Waals surface area contributed by atoms with Gasteiger partial charge in [-0.05, 0) is 241 Å². The molecule has 4 unspecified atom stereocenters. The molecule has 12 N–H and O–H groups in total. The van der Waals surface area contributed by atoms with E-state index in [1.165, 1.54) is 114 Å². The third kappa shape index (κ3) is 15.3. The Morgan fingerprint density at radius 2 is 0.552 bits per heavy atom. The maximum atomic E-state index is 13.1. The molecule has 0 spiro atoms. The summed E-state index contributed by atoms with van der Waals surface area (Å²) in [4.78, 5) is 51.9. The Hall–Kier alpha value is -9.56. The first-order valence-electron chi connectivity index (χ1n) is 40.6. The molecule has 116 heavy (non-hydrogen) atoms. The number of nitrogens with two attached hydrogens (primary N) is 4. The number of nitrogens with zero attached hydrogens (tertiary/aromatic N) is 12. The van der Waals surface area contributed by atoms with Crippen LogP contribution in [0.4, 0.5) is 41.9 Å². The van der Waals surface area contributed by atoms with E-state index in [4.69, 9.17) is 39.5 Å². The SMILES string of the molecule is C[C@@H]1CCc2cc3c(c(NC(=O)N=S(N)(=O)c4cnn5c4OCCC5)c21)CCC3.C[C@@H]1CCc2cc3c(c(NC(=O)N=S(N)(=O)c4cnn5c4OCCC5)c21)CCC3.C[C@H]1CCc2cc3c(c(NC(=O)N=S(N)(=O)c4cnn5c4OCCC5)c21)CCC3.C[C@H]1CCc2cc3c(c(NC(=O)N=S(N)(=O)c4cnn5c4OCCC5)c21)CCC3. The number of carbonyl (C=O) groups is 4. The molecule has 36 heteroatoms. The molecule has 8 aromatic rings. The lowest BCUT2D eigenvalue weighted by Crippen LogP contribution is -2.21. The zero-order chi connectivity index (χ0) is 80.7. The highest BCUT2D eigenvalue weighted by Gasteiger charge is 2.37. The maximum absolute atomic E-state index is 13.1. The number of aryl methyl sites for hydroxylation is 12. The Bertz CT molecular complexity index is 5230. The highest BCUT2D eigenvalue weighted by Crippen LogP contribution is 2.49. The summed E-state index contributed by atoms with van der Waals surface area (Å²) in [5.74, 6) is 2.89. The lowest BCUT2D eigenvalue weighted by molar-refractivity contribution is 0.224. The third-order valence-electron chi connectivity index (χ3n) is 24.6. The average Bonchev–Trinajstić information content (AvgIpc) is 1.60. The van der Waals surface area contributed by atoms with E-state index in [2.05, 4.69) is 111 Å². The molecule has 8 atom stereocenters. The molecule has 20 rings (SSSR count). The summed E-state index contributed by atoms with van der Waals surface area (Å²) in [6, 6.07) is 6.47. The second-order valence-electron chi connectivity index (χ2n) is 32.3. The van der Waals surface area contributed by atoms with Gasteiger partial charge in [-0.3, -0.25) is 0 Å². The Labute approximate surface area is 675 Å². The van der Waals surface area contributed by atoms with Crippen molar-refractivity contribution in [2.45, 2.75) is 251 Å². The van der Waals surface area contributed by atoms with Crippen LogP contribution in [0.25, 0.3) is 0 Å². The second-order valence-corrected chi connectivity index (χ2v) is 39.4. The van der Waals surface area contributed by atoms with E-state index in [1.807, 2.05) is 0 Å². The summed E-state index contributed by atoms with van der Waals surface area (Å²) >= 11 is 0. The van der Waals surface area contributed by atoms with Crippen LogP contribution in [0, 0.1) is 0 Å². The molecule has 8 heterocycles. The van der Waals surface area contributed by atoms with Crippen LogP contribution in [-0.4, -0.2) is 107 Å². The van der Waals surface area contributed by atoms with E-state index < -0.39 is 63.8 Å². The Kier molecular flexibility index (Phi) is 21.6. The zero-order valence-corrected chi connectivity index (χ0v) is 69.0. The number of rotatable bonds is 8. The van der Waals surface area contributed by atoms with Crippen molar-refractivity contribution < 1.29 is 55.0 Å². The van der Waals surface area contributed by atoms with E-state index >= 15 is 0 Å². The van der Waals surface area contributed by atoms with Gasteiger partial charge in [-0.1, -0.05) is 52.0 Å². The predicted molar refractivity (Wildman–Crippen MR) is 438 cm³/mol. The van der Waals surface area contributed by atoms with Crippen molar-refractivity contribution in [2.24, 2.45) is 38.0 Å². The molecule has 32 nitrogen and oxygen atoms in total. The highest BCUT2D eigenvalue weighted by molar-refractivity contribution is 7.92. The van der Waals surface area contributed by atoms with E-state index in [0.717, 1.165) is 177 Å². The van der Waals surface area contributed by atoms with Crippen LogP contribution >= 0.6 is 0 Å². The van der Waals surface area contributed by atoms with Crippen molar-refractivity contribution in [2.75, 3.05) is 47.7 Å². The number of hydrogen-bond donors (Lipinski definition) is 8. The lowest BCUT2D eigenvalue weighted by atomic mass is 9.95. The maximum Gasteiger partial charge on any atom is 0.354 e. The molecule has 0 radical (unpaired) electrons. The summed E-state index contributed by atoms with van der Waals surface area (Å²) in [6.45, 7) is 13.4. The van der Waals surface area contributed by atoms with Gasteiger partial charge in [0, 0.05) is 74.6 Å². The van der Waals surface area contributed by atoms with Gasteiger partial charge >= 0.3 is 24.1 Å². The van der Waals surface area contributed by atoms with E-state index in [9.17, 15) is 36.0 Å². The average molecular weight is 1660 g/mol. The van der Waals surface area contributed by atoms with Crippen LogP contribution in [0.2, 0.25) is 0 Å². The normalized spacial score (nSPS) is 21.5. The van der Waals surface area contributed by atoms with Gasteiger partial charge < -0.3 is 40.2 Å². The largest absolute Gasteiger partial charge is 0.477 e. The van der Waals surface area contributed by atoms with Gasteiger partial charge in [0.25, 0.3) is 0 Å². The summed E-state index contributed by atoms with van der Waals surface area (Å²) in [6.07, 6.45) is 29.4. The molecule has 8 aliphatic carbocycles. The summed E-state index contributed by atoms with van der Waals surface area (Å²) in [5, 5.41) is 52.3. The van der Waals surface area contributed by atoms with Crippen LogP contribution < -0.4 is 60.8 Å². The summed E-state index contributed by atoms with van der Waals surface area (Å²) in [7, 11) is -13.9. The lowest BCUT2D eigenvalue weighted by Gasteiger charge is -2.18. The van der Waals surface area contributed by atoms with Gasteiger partial charge in [0.1, 0.15) is 19.6 Å². The van der Waals surface area contributed by atoms with Crippen LogP contribution in [0.5, 0.6) is 23.5 Å². The van der Waals surface area contributed by atoms with Crippen LogP contribution in [0.1, 0.15) is 217 Å². The van der Waals surface area contributed by atoms with Gasteiger partial charge in [-0.25, -0.2) is 75.3 Å². The topological polar surface area (TPSA) is 446 Å². The third-order valence-corrected chi connectivity index (χ3v) is 30.0. The first-order chi connectivity index (χ1) is 55.7. The molecule has 0 bridgehead atoms. The van der Waals surface area contributed by atoms with Gasteiger partial charge in [0.2, 0.25) is 23.5 Å². The standard InChI is InChI=1S/4C20H25N5O3S/c4*1-12-6-7-14-10-13-4-2-5-15(13)18(17(12)14)23-20(26)24-29(21,27)16-11-22-25-8-3-9-28-19(16)25/h4*10-12H,2-9H2,1H3,(H3,21,23,24,26,27)/t4*12-,29?/m1100/s1. The number of aromatic nitrogens is 8. The minimum Gasteiger partial charge on any atom is -0.477 e. The number of fused-ring (bicyclic) bond motifs is 12. The van der Waals surface area contributed by atoms with Crippen molar-refractivity contribution in [3.05, 3.63) is 138 Å². The number of nitrogens with one attached hydrogen (secondary N) is 4. The van der Waals surface area contributed by atoms with E-state index in [1.54, 1.807) is 18.7 Å².